The van der Waals surface area contributed by atoms with Crippen LogP contribution in [-0.2, 0) is 39.6 Å². The molecular formula is C34H38N11O10PS. The van der Waals surface area contributed by atoms with Crippen LogP contribution in [0, 0.1) is 17.2 Å². The summed E-state index contributed by atoms with van der Waals surface area (Å²) in [6.07, 6.45) is -1.06. The van der Waals surface area contributed by atoms with Crippen LogP contribution in [0.4, 0.5) is 11.8 Å². The summed E-state index contributed by atoms with van der Waals surface area (Å²) in [5, 5.41) is 35.8. The highest BCUT2D eigenvalue weighted by atomic mass is 32.5. The smallest absolute Gasteiger partial charge is 0.327 e. The van der Waals surface area contributed by atoms with Crippen molar-refractivity contribution in [3.8, 4) is 6.07 Å². The van der Waals surface area contributed by atoms with Crippen molar-refractivity contribution in [2.24, 2.45) is 5.92 Å². The molecule has 2 aliphatic heterocycles. The molecule has 0 spiro atoms. The number of nitrogens with zero attached hydrogens (tertiary/aromatic N) is 8. The molecule has 57 heavy (non-hydrogen) atoms. The number of nitriles is 1. The number of anilines is 2. The number of imidazole rings is 2. The Morgan fingerprint density at radius 3 is 2.60 bits per heavy atom. The standard InChI is InChI=1S/C34H38N11O10PS/c1-18(2)30(48)42-34-41-29-26(32(50)43-34)39-17-45(29)33-21(47)11-20(53-33)14-52-56(57,51-10-6-9-35)55-22-12-24(54-23(22)13-46)44-16-38-25-27(36-15-37-28(25)44)40-31(49)19-7-4-3-5-8-19/h3-5,7-8,15-18,20-24,33,46-47H,6,10-14H2,1-2H3,(H,36,37,40,49)(H2,41,42,43,48,50)/t20-,21-,22+,23+,24+,33+,56?/m0/s1. The summed E-state index contributed by atoms with van der Waals surface area (Å²) in [4.78, 5) is 61.8. The van der Waals surface area contributed by atoms with Crippen molar-refractivity contribution in [2.45, 2.75) is 70.0 Å². The average Bonchev–Trinajstić information content (AvgIpc) is 3.99. The van der Waals surface area contributed by atoms with Crippen LogP contribution in [0.15, 0.2) is 54.1 Å². The van der Waals surface area contributed by atoms with Crippen molar-refractivity contribution in [1.29, 1.82) is 5.26 Å². The topological polar surface area (TPSA) is 276 Å². The molecule has 0 saturated carbocycles. The van der Waals surface area contributed by atoms with E-state index in [0.717, 1.165) is 0 Å². The summed E-state index contributed by atoms with van der Waals surface area (Å²) < 4.78 is 33.5. The van der Waals surface area contributed by atoms with Gasteiger partial charge < -0.3 is 38.6 Å². The first-order chi connectivity index (χ1) is 27.5. The van der Waals surface area contributed by atoms with Gasteiger partial charge in [0, 0.05) is 24.3 Å². The third kappa shape index (κ3) is 8.76. The number of H-pyrrole nitrogens is 1. The van der Waals surface area contributed by atoms with Gasteiger partial charge >= 0.3 is 6.72 Å². The van der Waals surface area contributed by atoms with Gasteiger partial charge in [-0.05, 0) is 23.9 Å². The first-order valence-corrected chi connectivity index (χ1v) is 20.4. The van der Waals surface area contributed by atoms with Crippen molar-refractivity contribution >= 4 is 64.4 Å². The second-order valence-corrected chi connectivity index (χ2v) is 16.3. The maximum atomic E-state index is 12.8. The monoisotopic (exact) mass is 823 g/mol. The summed E-state index contributed by atoms with van der Waals surface area (Å²) >= 11 is 5.79. The van der Waals surface area contributed by atoms with Crippen LogP contribution in [0.5, 0.6) is 0 Å². The number of hydrogen-bond donors (Lipinski definition) is 5. The zero-order chi connectivity index (χ0) is 40.3. The minimum atomic E-state index is -3.67. The number of ether oxygens (including phenoxy) is 2. The van der Waals surface area contributed by atoms with Gasteiger partial charge in [0.1, 0.15) is 24.8 Å². The average molecular weight is 824 g/mol. The van der Waals surface area contributed by atoms with Gasteiger partial charge in [-0.2, -0.15) is 10.2 Å². The fraction of sp³-hybridized carbons (Fsp3) is 0.441. The number of aliphatic hydroxyl groups excluding tert-OH is 2. The molecule has 5 aromatic rings. The zero-order valence-corrected chi connectivity index (χ0v) is 32.2. The molecule has 1 aromatic carbocycles. The quantitative estimate of drug-likeness (QED) is 0.0748. The number of fused-ring (bicyclic) bond motifs is 2. The Labute approximate surface area is 328 Å². The normalized spacial score (nSPS) is 23.2. The molecule has 2 fully saturated rings. The summed E-state index contributed by atoms with van der Waals surface area (Å²) in [6.45, 7) is -1.04. The van der Waals surface area contributed by atoms with Crippen molar-refractivity contribution in [2.75, 3.05) is 30.5 Å². The van der Waals surface area contributed by atoms with Crippen LogP contribution in [0.25, 0.3) is 22.3 Å². The number of aromatic nitrogens is 8. The predicted octanol–water partition coefficient (Wildman–Crippen LogP) is 2.29. The van der Waals surface area contributed by atoms with E-state index in [1.165, 1.54) is 23.5 Å². The van der Waals surface area contributed by atoms with E-state index < -0.39 is 55.8 Å². The molecule has 6 heterocycles. The van der Waals surface area contributed by atoms with Gasteiger partial charge in [-0.3, -0.25) is 33.8 Å². The van der Waals surface area contributed by atoms with Gasteiger partial charge in [0.15, 0.2) is 34.4 Å². The Morgan fingerprint density at radius 1 is 1.07 bits per heavy atom. The van der Waals surface area contributed by atoms with E-state index in [2.05, 4.69) is 40.5 Å². The zero-order valence-electron chi connectivity index (χ0n) is 30.5. The van der Waals surface area contributed by atoms with Crippen molar-refractivity contribution in [3.05, 3.63) is 65.2 Å². The first kappa shape index (κ1) is 40.1. The van der Waals surface area contributed by atoms with Gasteiger partial charge in [-0.25, -0.2) is 19.9 Å². The summed E-state index contributed by atoms with van der Waals surface area (Å²) in [7, 11) is 0. The van der Waals surface area contributed by atoms with Crippen LogP contribution < -0.4 is 16.2 Å². The molecule has 2 aliphatic rings. The lowest BCUT2D eigenvalue weighted by Crippen LogP contribution is -2.28. The maximum absolute atomic E-state index is 12.8. The van der Waals surface area contributed by atoms with E-state index in [1.54, 1.807) is 48.7 Å². The minimum absolute atomic E-state index is 0.0115. The van der Waals surface area contributed by atoms with Crippen molar-refractivity contribution in [3.63, 3.8) is 0 Å². The maximum Gasteiger partial charge on any atom is 0.327 e. The van der Waals surface area contributed by atoms with Crippen LogP contribution in [-0.4, -0.2) is 105 Å². The van der Waals surface area contributed by atoms with Gasteiger partial charge in [0.25, 0.3) is 11.5 Å². The fourth-order valence-corrected chi connectivity index (χ4v) is 8.38. The molecule has 2 saturated heterocycles. The van der Waals surface area contributed by atoms with Crippen molar-refractivity contribution < 1.29 is 42.8 Å². The SMILES string of the molecule is CC(C)C(=O)Nc1nc2c(ncn2[C@@H]2O[C@H](COP(=S)(OCCC#N)O[C@@H]3C[C@H](n4cnc5c(NC(=O)c6ccccc6)ncnc54)O[C@@H]3CO)C[C@@H]2O)c(=O)[nH]1. The lowest BCUT2D eigenvalue weighted by molar-refractivity contribution is -0.118. The third-order valence-corrected chi connectivity index (χ3v) is 11.5. The Morgan fingerprint density at radius 2 is 1.84 bits per heavy atom. The predicted molar refractivity (Wildman–Crippen MR) is 203 cm³/mol. The number of nitrogens with one attached hydrogen (secondary N) is 3. The number of carbonyl (C=O) groups excluding carboxylic acids is 2. The number of aromatic amines is 1. The van der Waals surface area contributed by atoms with Gasteiger partial charge in [0.05, 0.1) is 57.2 Å². The highest BCUT2D eigenvalue weighted by molar-refractivity contribution is 8.07. The van der Waals surface area contributed by atoms with Crippen LogP contribution in [0.1, 0.15) is 55.9 Å². The second-order valence-electron chi connectivity index (χ2n) is 13.4. The molecule has 300 valence electrons. The molecule has 1 unspecified atom stereocenters. The molecule has 7 atom stereocenters. The number of amides is 2. The number of hydrogen-bond acceptors (Lipinski definition) is 17. The first-order valence-electron chi connectivity index (χ1n) is 17.8. The largest absolute Gasteiger partial charge is 0.394 e. The summed E-state index contributed by atoms with van der Waals surface area (Å²) in [5.74, 6) is -0.998. The van der Waals surface area contributed by atoms with E-state index >= 15 is 0 Å². The van der Waals surface area contributed by atoms with Gasteiger partial charge in [-0.1, -0.05) is 32.0 Å². The lowest BCUT2D eigenvalue weighted by Gasteiger charge is -2.27. The van der Waals surface area contributed by atoms with Gasteiger partial charge in [0.2, 0.25) is 11.9 Å². The Kier molecular flexibility index (Phi) is 12.1. The van der Waals surface area contributed by atoms with E-state index in [0.29, 0.717) is 16.7 Å². The molecule has 5 N–H and O–H groups in total. The van der Waals surface area contributed by atoms with E-state index in [4.69, 9.17) is 34.9 Å². The number of aliphatic hydroxyl groups is 2. The van der Waals surface area contributed by atoms with Crippen LogP contribution >= 0.6 is 6.72 Å². The Hall–Kier alpha value is -5.08. The summed E-state index contributed by atoms with van der Waals surface area (Å²) in [5.41, 5.74) is 0.556. The minimum Gasteiger partial charge on any atom is -0.394 e. The van der Waals surface area contributed by atoms with E-state index in [-0.39, 0.29) is 73.1 Å². The highest BCUT2D eigenvalue weighted by Crippen LogP contribution is 2.54. The molecule has 23 heteroatoms. The summed E-state index contributed by atoms with van der Waals surface area (Å²) in [6, 6.07) is 10.6. The number of carbonyl (C=O) groups is 2. The molecule has 4 aromatic heterocycles. The second kappa shape index (κ2) is 17.2. The lowest BCUT2D eigenvalue weighted by atomic mass is 10.2. The fourth-order valence-electron chi connectivity index (χ4n) is 6.23. The number of benzene rings is 1. The molecule has 0 radical (unpaired) electrons. The van der Waals surface area contributed by atoms with E-state index in [9.17, 15) is 29.9 Å². The molecular weight excluding hydrogens is 785 g/mol. The van der Waals surface area contributed by atoms with Crippen molar-refractivity contribution in [1.82, 2.24) is 39.0 Å². The third-order valence-electron chi connectivity index (χ3n) is 9.08. The Bertz CT molecular complexity index is 2400. The molecule has 2 amide bonds. The molecule has 7 rings (SSSR count). The van der Waals surface area contributed by atoms with Crippen LogP contribution in [0.3, 0.4) is 0 Å². The molecule has 21 nitrogen and oxygen atoms in total. The Balaban J connectivity index is 1.04. The highest BCUT2D eigenvalue weighted by Gasteiger charge is 2.43. The van der Waals surface area contributed by atoms with E-state index in [1.807, 2.05) is 6.07 Å². The number of rotatable bonds is 15. The molecule has 0 bridgehead atoms. The molecule has 0 aliphatic carbocycles. The van der Waals surface area contributed by atoms with Gasteiger partial charge in [-0.15, -0.1) is 0 Å². The van der Waals surface area contributed by atoms with Crippen LogP contribution in [0.2, 0.25) is 0 Å².